The Morgan fingerprint density at radius 1 is 0.973 bits per heavy atom. The number of aryl methyl sites for hydroxylation is 2. The number of rotatable bonds is 11. The molecule has 1 atom stereocenters. The summed E-state index contributed by atoms with van der Waals surface area (Å²) in [7, 11) is 0. The van der Waals surface area contributed by atoms with E-state index in [1.807, 2.05) is 58.0 Å². The summed E-state index contributed by atoms with van der Waals surface area (Å²) < 4.78 is 19.4. The maximum Gasteiger partial charge on any atom is 0.261 e. The highest BCUT2D eigenvalue weighted by Gasteiger charge is 2.30. The molecule has 0 saturated heterocycles. The number of ether oxygens (including phenoxy) is 1. The molecule has 5 nitrogen and oxygen atoms in total. The van der Waals surface area contributed by atoms with Crippen LogP contribution < -0.4 is 10.1 Å². The average molecular weight is 525 g/mol. The van der Waals surface area contributed by atoms with Gasteiger partial charge < -0.3 is 15.0 Å². The standard InChI is InChI=1S/C30H34ClFN2O3/c1-20(2)17-33-30(36)27(16-23-8-6-5-7-9-23)34(18-24-10-12-25(32)13-11-24)28(35)19-37-26-14-21(3)29(31)22(4)15-26/h5-15,20,27H,16-19H2,1-4H3,(H,33,36)/t27-/m0/s1. The van der Waals surface area contributed by atoms with E-state index in [9.17, 15) is 14.0 Å². The van der Waals surface area contributed by atoms with Crippen LogP contribution >= 0.6 is 11.6 Å². The molecule has 196 valence electrons. The first-order valence-corrected chi connectivity index (χ1v) is 12.8. The minimum atomic E-state index is -0.781. The van der Waals surface area contributed by atoms with Crippen molar-refractivity contribution in [3.63, 3.8) is 0 Å². The molecule has 0 heterocycles. The second kappa shape index (κ2) is 13.2. The lowest BCUT2D eigenvalue weighted by molar-refractivity contribution is -0.142. The van der Waals surface area contributed by atoms with Crippen LogP contribution in [-0.4, -0.2) is 35.9 Å². The van der Waals surface area contributed by atoms with Gasteiger partial charge in [0, 0.05) is 24.5 Å². The Morgan fingerprint density at radius 2 is 1.59 bits per heavy atom. The minimum Gasteiger partial charge on any atom is -0.484 e. The molecule has 0 unspecified atom stereocenters. The van der Waals surface area contributed by atoms with Crippen LogP contribution in [0.5, 0.6) is 5.75 Å². The number of carbonyl (C=O) groups excluding carboxylic acids is 2. The summed E-state index contributed by atoms with van der Waals surface area (Å²) in [5.74, 6) is -0.184. The molecule has 0 saturated carbocycles. The van der Waals surface area contributed by atoms with Gasteiger partial charge in [0.15, 0.2) is 6.61 Å². The Balaban J connectivity index is 1.91. The molecule has 3 aromatic carbocycles. The fourth-order valence-electron chi connectivity index (χ4n) is 3.98. The Hall–Kier alpha value is -3.38. The van der Waals surface area contributed by atoms with Crippen molar-refractivity contribution in [2.45, 2.75) is 46.7 Å². The molecule has 2 amide bonds. The van der Waals surface area contributed by atoms with Crippen molar-refractivity contribution in [2.24, 2.45) is 5.92 Å². The van der Waals surface area contributed by atoms with E-state index in [0.29, 0.717) is 29.3 Å². The van der Waals surface area contributed by atoms with Crippen molar-refractivity contribution < 1.29 is 18.7 Å². The number of amides is 2. The van der Waals surface area contributed by atoms with Gasteiger partial charge in [-0.2, -0.15) is 0 Å². The van der Waals surface area contributed by atoms with Crippen LogP contribution in [0.15, 0.2) is 66.7 Å². The number of carbonyl (C=O) groups is 2. The van der Waals surface area contributed by atoms with Crippen molar-refractivity contribution in [2.75, 3.05) is 13.2 Å². The van der Waals surface area contributed by atoms with Crippen LogP contribution in [0.2, 0.25) is 5.02 Å². The third-order valence-electron chi connectivity index (χ3n) is 5.99. The fraction of sp³-hybridized carbons (Fsp3) is 0.333. The van der Waals surface area contributed by atoms with Crippen LogP contribution in [0.25, 0.3) is 0 Å². The predicted molar refractivity (Wildman–Crippen MR) is 145 cm³/mol. The van der Waals surface area contributed by atoms with Crippen molar-refractivity contribution in [3.05, 3.63) is 99.8 Å². The van der Waals surface area contributed by atoms with Gasteiger partial charge in [0.2, 0.25) is 5.91 Å². The summed E-state index contributed by atoms with van der Waals surface area (Å²) in [6, 6.07) is 18.3. The summed E-state index contributed by atoms with van der Waals surface area (Å²) >= 11 is 6.27. The number of halogens is 2. The largest absolute Gasteiger partial charge is 0.484 e. The molecular weight excluding hydrogens is 491 g/mol. The van der Waals surface area contributed by atoms with Crippen LogP contribution in [-0.2, 0) is 22.6 Å². The zero-order chi connectivity index (χ0) is 26.9. The zero-order valence-electron chi connectivity index (χ0n) is 21.8. The van der Waals surface area contributed by atoms with Crippen molar-refractivity contribution in [1.29, 1.82) is 0 Å². The molecule has 3 aromatic rings. The van der Waals surface area contributed by atoms with Gasteiger partial charge in [-0.15, -0.1) is 0 Å². The number of nitrogens with zero attached hydrogens (tertiary/aromatic N) is 1. The van der Waals surface area contributed by atoms with Crippen LogP contribution in [0.3, 0.4) is 0 Å². The first-order valence-electron chi connectivity index (χ1n) is 12.4. The van der Waals surface area contributed by atoms with E-state index in [0.717, 1.165) is 16.7 Å². The van der Waals surface area contributed by atoms with Crippen LogP contribution in [0, 0.1) is 25.6 Å². The molecule has 1 N–H and O–H groups in total. The second-order valence-corrected chi connectivity index (χ2v) is 10.0. The van der Waals surface area contributed by atoms with E-state index < -0.39 is 6.04 Å². The molecule has 0 spiro atoms. The normalized spacial score (nSPS) is 11.8. The molecule has 7 heteroatoms. The van der Waals surface area contributed by atoms with E-state index in [4.69, 9.17) is 16.3 Å². The van der Waals surface area contributed by atoms with Crippen LogP contribution in [0.4, 0.5) is 4.39 Å². The molecule has 0 aromatic heterocycles. The SMILES string of the molecule is Cc1cc(OCC(=O)N(Cc2ccc(F)cc2)[C@@H](Cc2ccccc2)C(=O)NCC(C)C)cc(C)c1Cl. The fourth-order valence-corrected chi connectivity index (χ4v) is 4.09. The number of benzene rings is 3. The zero-order valence-corrected chi connectivity index (χ0v) is 22.5. The monoisotopic (exact) mass is 524 g/mol. The molecule has 0 radical (unpaired) electrons. The predicted octanol–water partition coefficient (Wildman–Crippen LogP) is 5.89. The second-order valence-electron chi connectivity index (χ2n) is 9.65. The minimum absolute atomic E-state index is 0.133. The van der Waals surface area contributed by atoms with Crippen LogP contribution in [0.1, 0.15) is 36.1 Å². The molecule has 37 heavy (non-hydrogen) atoms. The molecule has 0 fully saturated rings. The summed E-state index contributed by atoms with van der Waals surface area (Å²) in [6.07, 6.45) is 0.330. The van der Waals surface area contributed by atoms with E-state index in [1.54, 1.807) is 24.3 Å². The van der Waals surface area contributed by atoms with E-state index in [-0.39, 0.29) is 36.7 Å². The van der Waals surface area contributed by atoms with Gasteiger partial charge in [-0.1, -0.05) is 67.9 Å². The van der Waals surface area contributed by atoms with Gasteiger partial charge >= 0.3 is 0 Å². The number of hydrogen-bond donors (Lipinski definition) is 1. The molecule has 0 bridgehead atoms. The number of hydrogen-bond acceptors (Lipinski definition) is 3. The third-order valence-corrected chi connectivity index (χ3v) is 6.59. The quantitative estimate of drug-likeness (QED) is 0.340. The van der Waals surface area contributed by atoms with Gasteiger partial charge in [0.1, 0.15) is 17.6 Å². The lowest BCUT2D eigenvalue weighted by Crippen LogP contribution is -2.52. The van der Waals surface area contributed by atoms with Crippen molar-refractivity contribution in [3.8, 4) is 5.75 Å². The summed E-state index contributed by atoms with van der Waals surface area (Å²) in [4.78, 5) is 28.6. The lowest BCUT2D eigenvalue weighted by Gasteiger charge is -2.31. The Bertz CT molecular complexity index is 1180. The highest BCUT2D eigenvalue weighted by Crippen LogP contribution is 2.26. The average Bonchev–Trinajstić information content (AvgIpc) is 2.88. The smallest absolute Gasteiger partial charge is 0.261 e. The molecular formula is C30H34ClFN2O3. The first-order chi connectivity index (χ1) is 17.6. The maximum atomic E-state index is 13.6. The Morgan fingerprint density at radius 3 is 2.19 bits per heavy atom. The topological polar surface area (TPSA) is 58.6 Å². The van der Waals surface area contributed by atoms with Crippen molar-refractivity contribution in [1.82, 2.24) is 10.2 Å². The first kappa shape index (κ1) is 28.2. The van der Waals surface area contributed by atoms with E-state index >= 15 is 0 Å². The highest BCUT2D eigenvalue weighted by molar-refractivity contribution is 6.32. The van der Waals surface area contributed by atoms with Gasteiger partial charge in [-0.25, -0.2) is 4.39 Å². The van der Waals surface area contributed by atoms with Gasteiger partial charge in [-0.05, 0) is 66.3 Å². The molecule has 3 rings (SSSR count). The molecule has 0 aliphatic rings. The maximum absolute atomic E-state index is 13.6. The third kappa shape index (κ3) is 8.32. The Labute approximate surface area is 223 Å². The van der Waals surface area contributed by atoms with Gasteiger partial charge in [-0.3, -0.25) is 9.59 Å². The van der Waals surface area contributed by atoms with Gasteiger partial charge in [0.25, 0.3) is 5.91 Å². The van der Waals surface area contributed by atoms with E-state index in [1.165, 1.54) is 17.0 Å². The summed E-state index contributed by atoms with van der Waals surface area (Å²) in [5, 5.41) is 3.63. The number of nitrogens with one attached hydrogen (secondary N) is 1. The van der Waals surface area contributed by atoms with E-state index in [2.05, 4.69) is 5.32 Å². The molecule has 0 aliphatic heterocycles. The van der Waals surface area contributed by atoms with Crippen molar-refractivity contribution >= 4 is 23.4 Å². The summed E-state index contributed by atoms with van der Waals surface area (Å²) in [6.45, 7) is 8.13. The molecule has 0 aliphatic carbocycles. The summed E-state index contributed by atoms with van der Waals surface area (Å²) in [5.41, 5.74) is 3.33. The highest BCUT2D eigenvalue weighted by atomic mass is 35.5. The Kier molecular flexibility index (Phi) is 10.1. The van der Waals surface area contributed by atoms with Gasteiger partial charge in [0.05, 0.1) is 0 Å². The lowest BCUT2D eigenvalue weighted by atomic mass is 10.0.